The summed E-state index contributed by atoms with van der Waals surface area (Å²) in [6, 6.07) is 14.4. The molecule has 0 radical (unpaired) electrons. The molecule has 1 aliphatic heterocycles. The van der Waals surface area contributed by atoms with Crippen molar-refractivity contribution in [1.82, 2.24) is 19.4 Å². The van der Waals surface area contributed by atoms with Crippen molar-refractivity contribution in [1.29, 1.82) is 0 Å². The van der Waals surface area contributed by atoms with Crippen LogP contribution < -0.4 is 5.32 Å². The largest absolute Gasteiger partial charge is 0.353 e. The van der Waals surface area contributed by atoms with Crippen LogP contribution in [0, 0.1) is 0 Å². The number of para-hydroxylation sites is 2. The number of imidazole rings is 1. The fourth-order valence-electron chi connectivity index (χ4n) is 3.80. The minimum absolute atomic E-state index is 0.205. The van der Waals surface area contributed by atoms with Gasteiger partial charge < -0.3 is 14.8 Å². The van der Waals surface area contributed by atoms with E-state index >= 15 is 0 Å². The molecule has 160 valence electrons. The zero-order valence-corrected chi connectivity index (χ0v) is 17.9. The highest BCUT2D eigenvalue weighted by atomic mass is 32.2. The molecule has 8 nitrogen and oxygen atoms in total. The highest BCUT2D eigenvalue weighted by molar-refractivity contribution is 7.85. The number of likely N-dealkylation sites (tertiary alicyclic amines) is 1. The molecule has 0 saturated carbocycles. The molecule has 0 aliphatic carbocycles. The second kappa shape index (κ2) is 9.11. The number of benzene rings is 1. The first-order valence-corrected chi connectivity index (χ1v) is 12.0. The van der Waals surface area contributed by atoms with Crippen LogP contribution in [0.4, 0.5) is 5.95 Å². The topological polar surface area (TPSA) is 89.4 Å². The lowest BCUT2D eigenvalue weighted by Crippen LogP contribution is -2.41. The molecule has 9 heteroatoms. The molecule has 2 aromatic heterocycles. The predicted molar refractivity (Wildman–Crippen MR) is 117 cm³/mol. The highest BCUT2D eigenvalue weighted by Crippen LogP contribution is 2.23. The summed E-state index contributed by atoms with van der Waals surface area (Å²) in [5, 5.41) is 3.63. The van der Waals surface area contributed by atoms with Crippen molar-refractivity contribution < 1.29 is 12.6 Å². The zero-order valence-electron chi connectivity index (χ0n) is 17.1. The number of nitrogens with zero attached hydrogens (tertiary/aromatic N) is 4. The fourth-order valence-corrected chi connectivity index (χ4v) is 4.18. The average molecular weight is 430 g/mol. The van der Waals surface area contributed by atoms with Gasteiger partial charge in [0.05, 0.1) is 36.1 Å². The number of pyridine rings is 1. The molecular weight excluding hydrogens is 402 g/mol. The molecule has 0 atom stereocenters. The molecule has 0 bridgehead atoms. The van der Waals surface area contributed by atoms with Crippen LogP contribution in [-0.4, -0.2) is 66.4 Å². The number of anilines is 1. The Hall–Kier alpha value is -2.49. The van der Waals surface area contributed by atoms with Crippen molar-refractivity contribution in [3.63, 3.8) is 0 Å². The van der Waals surface area contributed by atoms with E-state index in [1.807, 2.05) is 42.6 Å². The number of fused-ring (bicyclic) bond motifs is 1. The van der Waals surface area contributed by atoms with Crippen molar-refractivity contribution in [2.75, 3.05) is 37.8 Å². The Morgan fingerprint density at radius 2 is 1.90 bits per heavy atom. The first-order valence-electron chi connectivity index (χ1n) is 10.2. The number of hydrogen-bond donors (Lipinski definition) is 1. The SMILES string of the molecule is CS(=O)(=O)OCCN1CCC(Nc2nc3ccccc3n2Cc2ccccn2)CC1. The van der Waals surface area contributed by atoms with Gasteiger partial charge in [-0.25, -0.2) is 4.98 Å². The van der Waals surface area contributed by atoms with Gasteiger partial charge in [0.15, 0.2) is 0 Å². The van der Waals surface area contributed by atoms with Crippen molar-refractivity contribution in [2.24, 2.45) is 0 Å². The lowest BCUT2D eigenvalue weighted by molar-refractivity contribution is 0.180. The summed E-state index contributed by atoms with van der Waals surface area (Å²) in [5.74, 6) is 0.862. The first kappa shape index (κ1) is 20.8. The van der Waals surface area contributed by atoms with Gasteiger partial charge in [0.25, 0.3) is 10.1 Å². The van der Waals surface area contributed by atoms with E-state index in [0.29, 0.717) is 19.1 Å². The van der Waals surface area contributed by atoms with Crippen molar-refractivity contribution in [2.45, 2.75) is 25.4 Å². The summed E-state index contributed by atoms with van der Waals surface area (Å²) < 4.78 is 29.2. The summed E-state index contributed by atoms with van der Waals surface area (Å²) in [4.78, 5) is 11.5. The van der Waals surface area contributed by atoms with Crippen LogP contribution >= 0.6 is 0 Å². The molecular formula is C21H27N5O3S. The van der Waals surface area contributed by atoms with Crippen LogP contribution in [0.5, 0.6) is 0 Å². The van der Waals surface area contributed by atoms with E-state index in [1.54, 1.807) is 0 Å². The highest BCUT2D eigenvalue weighted by Gasteiger charge is 2.21. The minimum Gasteiger partial charge on any atom is -0.353 e. The number of rotatable bonds is 8. The minimum atomic E-state index is -3.38. The van der Waals surface area contributed by atoms with E-state index in [-0.39, 0.29) is 6.61 Å². The van der Waals surface area contributed by atoms with Gasteiger partial charge in [0.1, 0.15) is 0 Å². The molecule has 3 aromatic rings. The number of nitrogens with one attached hydrogen (secondary N) is 1. The molecule has 0 spiro atoms. The molecule has 30 heavy (non-hydrogen) atoms. The molecule has 1 fully saturated rings. The van der Waals surface area contributed by atoms with Gasteiger partial charge in [0.2, 0.25) is 5.95 Å². The Morgan fingerprint density at radius 1 is 1.13 bits per heavy atom. The summed E-state index contributed by atoms with van der Waals surface area (Å²) in [7, 11) is -3.38. The lowest BCUT2D eigenvalue weighted by atomic mass is 10.1. The van der Waals surface area contributed by atoms with Gasteiger partial charge in [-0.2, -0.15) is 8.42 Å². The van der Waals surface area contributed by atoms with E-state index in [4.69, 9.17) is 9.17 Å². The van der Waals surface area contributed by atoms with Gasteiger partial charge in [-0.1, -0.05) is 18.2 Å². The summed E-state index contributed by atoms with van der Waals surface area (Å²) in [5.41, 5.74) is 3.04. The number of aromatic nitrogens is 3. The Kier molecular flexibility index (Phi) is 6.31. The third-order valence-corrected chi connectivity index (χ3v) is 5.92. The standard InChI is InChI=1S/C21H27N5O3S/c1-30(27,28)29-15-14-25-12-9-17(10-13-25)23-21-24-19-7-2-3-8-20(19)26(21)16-18-6-4-5-11-22-18/h2-8,11,17H,9-10,12-16H2,1H3,(H,23,24). The average Bonchev–Trinajstić information content (AvgIpc) is 3.06. The molecule has 1 aromatic carbocycles. The van der Waals surface area contributed by atoms with Gasteiger partial charge in [-0.3, -0.25) is 9.17 Å². The monoisotopic (exact) mass is 429 g/mol. The first-order chi connectivity index (χ1) is 14.5. The van der Waals surface area contributed by atoms with Gasteiger partial charge in [0, 0.05) is 31.9 Å². The Labute approximate surface area is 177 Å². The van der Waals surface area contributed by atoms with Crippen LogP contribution in [0.2, 0.25) is 0 Å². The molecule has 4 rings (SSSR count). The van der Waals surface area contributed by atoms with Crippen LogP contribution in [-0.2, 0) is 20.8 Å². The predicted octanol–water partition coefficient (Wildman–Crippen LogP) is 2.33. The zero-order chi connectivity index (χ0) is 21.0. The number of piperidine rings is 1. The van der Waals surface area contributed by atoms with E-state index in [1.165, 1.54) is 0 Å². The van der Waals surface area contributed by atoms with Crippen LogP contribution in [0.3, 0.4) is 0 Å². The van der Waals surface area contributed by atoms with Crippen LogP contribution in [0.1, 0.15) is 18.5 Å². The third kappa shape index (κ3) is 5.35. The number of hydrogen-bond acceptors (Lipinski definition) is 7. The lowest BCUT2D eigenvalue weighted by Gasteiger charge is -2.32. The van der Waals surface area contributed by atoms with Crippen molar-refractivity contribution in [3.8, 4) is 0 Å². The van der Waals surface area contributed by atoms with Crippen molar-refractivity contribution >= 4 is 27.1 Å². The summed E-state index contributed by atoms with van der Waals surface area (Å²) in [6.45, 7) is 3.27. The van der Waals surface area contributed by atoms with Crippen LogP contribution in [0.25, 0.3) is 11.0 Å². The maximum Gasteiger partial charge on any atom is 0.264 e. The van der Waals surface area contributed by atoms with Gasteiger partial charge >= 0.3 is 0 Å². The Balaban J connectivity index is 1.41. The fraction of sp³-hybridized carbons (Fsp3) is 0.429. The normalized spacial score (nSPS) is 16.2. The summed E-state index contributed by atoms with van der Waals surface area (Å²) in [6.07, 6.45) is 4.82. The van der Waals surface area contributed by atoms with Crippen molar-refractivity contribution in [3.05, 3.63) is 54.4 Å². The smallest absolute Gasteiger partial charge is 0.264 e. The molecule has 1 aliphatic rings. The Bertz CT molecular complexity index is 1080. The molecule has 1 N–H and O–H groups in total. The Morgan fingerprint density at radius 3 is 2.63 bits per heavy atom. The van der Waals surface area contributed by atoms with Gasteiger partial charge in [-0.05, 0) is 37.1 Å². The van der Waals surface area contributed by atoms with E-state index in [2.05, 4.69) is 25.8 Å². The van der Waals surface area contributed by atoms with Crippen LogP contribution in [0.15, 0.2) is 48.7 Å². The maximum atomic E-state index is 11.1. The molecule has 0 unspecified atom stereocenters. The third-order valence-electron chi connectivity index (χ3n) is 5.33. The van der Waals surface area contributed by atoms with E-state index < -0.39 is 10.1 Å². The molecule has 0 amide bonds. The van der Waals surface area contributed by atoms with Gasteiger partial charge in [-0.15, -0.1) is 0 Å². The molecule has 1 saturated heterocycles. The maximum absolute atomic E-state index is 11.1. The summed E-state index contributed by atoms with van der Waals surface area (Å²) >= 11 is 0. The van der Waals surface area contributed by atoms with E-state index in [0.717, 1.165) is 54.9 Å². The second-order valence-electron chi connectivity index (χ2n) is 7.62. The molecule has 3 heterocycles. The quantitative estimate of drug-likeness (QED) is 0.550. The van der Waals surface area contributed by atoms with E-state index in [9.17, 15) is 8.42 Å². The second-order valence-corrected chi connectivity index (χ2v) is 9.26.